The van der Waals surface area contributed by atoms with Gasteiger partial charge in [-0.3, -0.25) is 0 Å². The van der Waals surface area contributed by atoms with Crippen LogP contribution in [0.25, 0.3) is 30.0 Å². The van der Waals surface area contributed by atoms with Crippen LogP contribution < -0.4 is 23.7 Å². The fourth-order valence-electron chi connectivity index (χ4n) is 3.96. The molecule has 7 nitrogen and oxygen atoms in total. The molecular formula is C30H25F5N2O5. The first kappa shape index (κ1) is 30.0. The van der Waals surface area contributed by atoms with Gasteiger partial charge < -0.3 is 23.7 Å². The zero-order chi connectivity index (χ0) is 30.4. The summed E-state index contributed by atoms with van der Waals surface area (Å²) < 4.78 is 93.4. The maximum absolute atomic E-state index is 14.7. The highest BCUT2D eigenvalue weighted by atomic mass is 19.4. The monoisotopic (exact) mass is 588 g/mol. The Morgan fingerprint density at radius 3 is 1.60 bits per heavy atom. The van der Waals surface area contributed by atoms with E-state index in [4.69, 9.17) is 18.9 Å². The summed E-state index contributed by atoms with van der Waals surface area (Å²) in [4.78, 5) is 0. The van der Waals surface area contributed by atoms with Crippen LogP contribution in [0.1, 0.15) is 22.5 Å². The highest BCUT2D eigenvalue weighted by Crippen LogP contribution is 2.32. The molecule has 0 aliphatic rings. The number of methoxy groups -OCH3 is 4. The van der Waals surface area contributed by atoms with Crippen LogP contribution in [0.2, 0.25) is 0 Å². The van der Waals surface area contributed by atoms with Crippen LogP contribution in [0.3, 0.4) is 0 Å². The number of aromatic nitrogens is 2. The summed E-state index contributed by atoms with van der Waals surface area (Å²) in [5.74, 6) is -0.469. The molecule has 0 amide bonds. The van der Waals surface area contributed by atoms with Gasteiger partial charge in [-0.25, -0.2) is 13.5 Å². The zero-order valence-corrected chi connectivity index (χ0v) is 22.8. The Morgan fingerprint density at radius 2 is 1.12 bits per heavy atom. The Labute approximate surface area is 238 Å². The smallest absolute Gasteiger partial charge is 0.493 e. The lowest BCUT2D eigenvalue weighted by Gasteiger charge is -2.10. The summed E-state index contributed by atoms with van der Waals surface area (Å²) in [5, 5.41) is 4.50. The number of hydrogen-bond acceptors (Lipinski definition) is 6. The Bertz CT molecular complexity index is 1610. The van der Waals surface area contributed by atoms with Crippen molar-refractivity contribution < 1.29 is 45.6 Å². The fourth-order valence-corrected chi connectivity index (χ4v) is 3.96. The minimum atomic E-state index is -4.85. The normalized spacial score (nSPS) is 11.7. The minimum absolute atomic E-state index is 0.179. The van der Waals surface area contributed by atoms with E-state index >= 15 is 0 Å². The van der Waals surface area contributed by atoms with E-state index in [1.807, 2.05) is 0 Å². The number of hydrogen-bond donors (Lipinski definition) is 0. The molecule has 0 fully saturated rings. The summed E-state index contributed by atoms with van der Waals surface area (Å²) in [7, 11) is 5.63. The topological polar surface area (TPSA) is 64.0 Å². The van der Waals surface area contributed by atoms with Crippen LogP contribution in [0.4, 0.5) is 22.0 Å². The Morgan fingerprint density at radius 1 is 0.643 bits per heavy atom. The maximum atomic E-state index is 14.7. The van der Waals surface area contributed by atoms with Crippen molar-refractivity contribution in [1.82, 2.24) is 9.78 Å². The van der Waals surface area contributed by atoms with Crippen molar-refractivity contribution in [3.8, 4) is 34.4 Å². The van der Waals surface area contributed by atoms with Crippen LogP contribution in [0.15, 0.2) is 54.6 Å². The SMILES string of the molecule is COc1cc(F)c(C=Cc2cc(C=Cc3cc(OC)c(OC)cc3F)n(-c3ccc(OC(F)(F)F)cc3)n2)cc1OC. The first-order chi connectivity index (χ1) is 20.0. The second-order valence-electron chi connectivity index (χ2n) is 8.57. The molecule has 0 atom stereocenters. The van der Waals surface area contributed by atoms with Gasteiger partial charge in [0.05, 0.1) is 45.5 Å². The molecule has 42 heavy (non-hydrogen) atoms. The Kier molecular flexibility index (Phi) is 9.04. The third-order valence-electron chi connectivity index (χ3n) is 5.94. The second-order valence-corrected chi connectivity index (χ2v) is 8.57. The first-order valence-corrected chi connectivity index (χ1v) is 12.2. The van der Waals surface area contributed by atoms with E-state index in [2.05, 4.69) is 9.84 Å². The number of halogens is 5. The van der Waals surface area contributed by atoms with Crippen molar-refractivity contribution in [1.29, 1.82) is 0 Å². The van der Waals surface area contributed by atoms with E-state index in [1.54, 1.807) is 12.1 Å². The first-order valence-electron chi connectivity index (χ1n) is 12.2. The maximum Gasteiger partial charge on any atom is 0.573 e. The van der Waals surface area contributed by atoms with Crippen molar-refractivity contribution in [2.24, 2.45) is 0 Å². The second kappa shape index (κ2) is 12.7. The summed E-state index contributed by atoms with van der Waals surface area (Å²) in [5.41, 5.74) is 1.56. The van der Waals surface area contributed by atoms with Crippen LogP contribution in [-0.4, -0.2) is 44.6 Å². The Balaban J connectivity index is 1.74. The van der Waals surface area contributed by atoms with Gasteiger partial charge in [0, 0.05) is 23.3 Å². The van der Waals surface area contributed by atoms with Crippen LogP contribution in [0.5, 0.6) is 28.7 Å². The molecule has 3 aromatic carbocycles. The molecule has 0 aliphatic carbocycles. The van der Waals surface area contributed by atoms with E-state index in [-0.39, 0.29) is 22.6 Å². The van der Waals surface area contributed by atoms with Gasteiger partial charge in [0.15, 0.2) is 23.0 Å². The van der Waals surface area contributed by atoms with Crippen LogP contribution in [0, 0.1) is 11.6 Å². The molecule has 0 N–H and O–H groups in total. The molecule has 4 aromatic rings. The van der Waals surface area contributed by atoms with Crippen LogP contribution >= 0.6 is 0 Å². The molecular weight excluding hydrogens is 563 g/mol. The largest absolute Gasteiger partial charge is 0.573 e. The van der Waals surface area contributed by atoms with Gasteiger partial charge in [-0.2, -0.15) is 5.10 Å². The molecule has 4 rings (SSSR count). The van der Waals surface area contributed by atoms with Gasteiger partial charge in [-0.05, 0) is 66.8 Å². The van der Waals surface area contributed by atoms with Crippen molar-refractivity contribution >= 4 is 24.3 Å². The van der Waals surface area contributed by atoms with Gasteiger partial charge in [0.2, 0.25) is 0 Å². The van der Waals surface area contributed by atoms with Crippen molar-refractivity contribution in [2.75, 3.05) is 28.4 Å². The van der Waals surface area contributed by atoms with Gasteiger partial charge in [-0.1, -0.05) is 0 Å². The molecule has 1 aromatic heterocycles. The molecule has 0 unspecified atom stereocenters. The molecule has 0 radical (unpaired) electrons. The highest BCUT2D eigenvalue weighted by Gasteiger charge is 2.31. The van der Waals surface area contributed by atoms with E-state index in [0.717, 1.165) is 12.1 Å². The number of rotatable bonds is 10. The minimum Gasteiger partial charge on any atom is -0.493 e. The number of ether oxygens (including phenoxy) is 5. The van der Waals surface area contributed by atoms with Crippen LogP contribution in [-0.2, 0) is 0 Å². The van der Waals surface area contributed by atoms with E-state index in [9.17, 15) is 22.0 Å². The zero-order valence-electron chi connectivity index (χ0n) is 22.8. The Hall–Kier alpha value is -5.00. The molecule has 0 saturated carbocycles. The molecule has 0 aliphatic heterocycles. The lowest BCUT2D eigenvalue weighted by molar-refractivity contribution is -0.274. The summed E-state index contributed by atoms with van der Waals surface area (Å²) in [6, 6.07) is 11.9. The molecule has 1 heterocycles. The average Bonchev–Trinajstić information content (AvgIpc) is 3.37. The molecule has 0 spiro atoms. The summed E-state index contributed by atoms with van der Waals surface area (Å²) in [6.07, 6.45) is 1.21. The fraction of sp³-hybridized carbons (Fsp3) is 0.167. The lowest BCUT2D eigenvalue weighted by atomic mass is 10.1. The third-order valence-corrected chi connectivity index (χ3v) is 5.94. The lowest BCUT2D eigenvalue weighted by Crippen LogP contribution is -2.17. The quantitative estimate of drug-likeness (QED) is 0.180. The van der Waals surface area contributed by atoms with Gasteiger partial charge in [0.25, 0.3) is 0 Å². The van der Waals surface area contributed by atoms with Gasteiger partial charge >= 0.3 is 6.36 Å². The number of alkyl halides is 3. The van der Waals surface area contributed by atoms with E-state index in [0.29, 0.717) is 28.6 Å². The predicted octanol–water partition coefficient (Wildman–Crippen LogP) is 7.42. The predicted molar refractivity (Wildman–Crippen MR) is 147 cm³/mol. The average molecular weight is 589 g/mol. The standard InChI is InChI=1S/C30H25F5N2O5/c1-38-26-13-18(24(31)16-28(26)40-3)5-7-20-15-22(8-6-19-14-27(39-2)29(41-4)17-25(19)32)37(36-20)21-9-11-23(12-10-21)42-30(33,34)35/h5-17H,1-4H3. The van der Waals surface area contributed by atoms with Gasteiger partial charge in [0.1, 0.15) is 17.4 Å². The third kappa shape index (κ3) is 7.00. The molecule has 12 heteroatoms. The van der Waals surface area contributed by atoms with Gasteiger partial charge in [-0.15, -0.1) is 13.2 Å². The van der Waals surface area contributed by atoms with Crippen molar-refractivity contribution in [2.45, 2.75) is 6.36 Å². The van der Waals surface area contributed by atoms with E-state index in [1.165, 1.54) is 87.7 Å². The number of benzene rings is 3. The summed E-state index contributed by atoms with van der Waals surface area (Å²) in [6.45, 7) is 0. The highest BCUT2D eigenvalue weighted by molar-refractivity contribution is 5.74. The molecule has 0 bridgehead atoms. The summed E-state index contributed by atoms with van der Waals surface area (Å²) >= 11 is 0. The number of nitrogens with zero attached hydrogens (tertiary/aromatic N) is 2. The van der Waals surface area contributed by atoms with E-state index < -0.39 is 23.7 Å². The molecule has 0 saturated heterocycles. The van der Waals surface area contributed by atoms with Crippen molar-refractivity contribution in [3.63, 3.8) is 0 Å². The molecule has 220 valence electrons. The van der Waals surface area contributed by atoms with Crippen molar-refractivity contribution in [3.05, 3.63) is 88.7 Å².